The monoisotopic (exact) mass is 252 g/mol. The molecule has 0 aromatic rings. The Balaban J connectivity index is 1.96. The number of fused-ring (bicyclic) bond motifs is 3. The van der Waals surface area contributed by atoms with E-state index in [4.69, 9.17) is 4.74 Å². The summed E-state index contributed by atoms with van der Waals surface area (Å²) in [4.78, 5) is 11.8. The summed E-state index contributed by atoms with van der Waals surface area (Å²) in [6.07, 6.45) is 3.68. The molecule has 1 heterocycles. The number of hydrogen-bond acceptors (Lipinski definition) is 3. The van der Waals surface area contributed by atoms with E-state index in [-0.39, 0.29) is 28.8 Å². The molecule has 0 aromatic carbocycles. The fourth-order valence-electron chi connectivity index (χ4n) is 5.10. The van der Waals surface area contributed by atoms with Gasteiger partial charge in [-0.1, -0.05) is 20.8 Å². The molecule has 2 saturated carbocycles. The highest BCUT2D eigenvalue weighted by atomic mass is 16.5. The maximum atomic E-state index is 11.8. The van der Waals surface area contributed by atoms with Crippen molar-refractivity contribution in [3.63, 3.8) is 0 Å². The van der Waals surface area contributed by atoms with Crippen molar-refractivity contribution in [3.8, 4) is 0 Å². The Hall–Kier alpha value is -0.570. The minimum atomic E-state index is -0.204. The first-order valence-corrected chi connectivity index (χ1v) is 7.22. The number of aliphatic hydroxyl groups is 1. The van der Waals surface area contributed by atoms with Crippen molar-refractivity contribution in [1.29, 1.82) is 0 Å². The minimum Gasteiger partial charge on any atom is -0.465 e. The third kappa shape index (κ3) is 1.43. The van der Waals surface area contributed by atoms with Crippen LogP contribution in [0.1, 0.15) is 46.5 Å². The molecule has 0 bridgehead atoms. The summed E-state index contributed by atoms with van der Waals surface area (Å²) in [5.41, 5.74) is 0.126. The molecule has 2 aliphatic carbocycles. The highest BCUT2D eigenvalue weighted by Gasteiger charge is 2.60. The predicted octanol–water partition coefficient (Wildman–Crippen LogP) is 2.37. The topological polar surface area (TPSA) is 46.5 Å². The molecule has 3 rings (SSSR count). The maximum absolute atomic E-state index is 11.8. The number of hydrogen-bond donors (Lipinski definition) is 1. The van der Waals surface area contributed by atoms with E-state index >= 15 is 0 Å². The van der Waals surface area contributed by atoms with Crippen molar-refractivity contribution in [2.45, 2.75) is 52.6 Å². The van der Waals surface area contributed by atoms with Gasteiger partial charge in [-0.05, 0) is 42.4 Å². The van der Waals surface area contributed by atoms with Crippen molar-refractivity contribution in [1.82, 2.24) is 0 Å². The van der Waals surface area contributed by atoms with Crippen LogP contribution < -0.4 is 0 Å². The first-order chi connectivity index (χ1) is 8.37. The van der Waals surface area contributed by atoms with Gasteiger partial charge in [-0.3, -0.25) is 4.79 Å². The average Bonchev–Trinajstić information content (AvgIpc) is 2.68. The Bertz CT molecular complexity index is 376. The lowest BCUT2D eigenvalue weighted by Gasteiger charge is -2.58. The van der Waals surface area contributed by atoms with Crippen LogP contribution >= 0.6 is 0 Å². The second-order valence-electron chi connectivity index (χ2n) is 7.35. The van der Waals surface area contributed by atoms with Crippen LogP contribution in [0.3, 0.4) is 0 Å². The Morgan fingerprint density at radius 2 is 1.94 bits per heavy atom. The van der Waals surface area contributed by atoms with Crippen molar-refractivity contribution < 1.29 is 14.6 Å². The van der Waals surface area contributed by atoms with Crippen LogP contribution in [0.5, 0.6) is 0 Å². The molecular formula is C15H24O3. The third-order valence-corrected chi connectivity index (χ3v) is 6.32. The molecule has 18 heavy (non-hydrogen) atoms. The van der Waals surface area contributed by atoms with Crippen molar-refractivity contribution in [3.05, 3.63) is 0 Å². The van der Waals surface area contributed by atoms with Gasteiger partial charge in [0.05, 0.1) is 18.6 Å². The lowest BCUT2D eigenvalue weighted by molar-refractivity contribution is -0.150. The van der Waals surface area contributed by atoms with E-state index in [1.807, 2.05) is 0 Å². The van der Waals surface area contributed by atoms with Gasteiger partial charge < -0.3 is 9.84 Å². The zero-order valence-corrected chi connectivity index (χ0v) is 11.6. The Morgan fingerprint density at radius 1 is 1.22 bits per heavy atom. The molecule has 0 spiro atoms. The van der Waals surface area contributed by atoms with Crippen LogP contribution in [-0.2, 0) is 9.53 Å². The minimum absolute atomic E-state index is 0.0172. The standard InChI is InChI=1S/C15H24O3/c1-14(2)11-5-4-9-10(8-18-13(9)17)15(11,3)7-6-12(14)16/h9-12,16H,4-8H2,1-3H3/t9-,10-,11-,12-,15+/m0/s1. The lowest BCUT2D eigenvalue weighted by atomic mass is 9.46. The molecule has 3 nitrogen and oxygen atoms in total. The van der Waals surface area contributed by atoms with E-state index < -0.39 is 0 Å². The molecule has 1 saturated heterocycles. The van der Waals surface area contributed by atoms with E-state index in [0.29, 0.717) is 18.4 Å². The van der Waals surface area contributed by atoms with E-state index in [2.05, 4.69) is 20.8 Å². The van der Waals surface area contributed by atoms with Crippen LogP contribution in [0.25, 0.3) is 0 Å². The van der Waals surface area contributed by atoms with E-state index in [1.54, 1.807) is 0 Å². The quantitative estimate of drug-likeness (QED) is 0.673. The van der Waals surface area contributed by atoms with Gasteiger partial charge in [0.15, 0.2) is 0 Å². The van der Waals surface area contributed by atoms with Gasteiger partial charge in [-0.15, -0.1) is 0 Å². The molecule has 0 unspecified atom stereocenters. The molecule has 0 amide bonds. The first kappa shape index (κ1) is 12.5. The SMILES string of the molecule is CC1(C)[C@@H](O)CC[C@]2(C)[C@H]3COC(=O)[C@H]3CC[C@@H]12. The van der Waals surface area contributed by atoms with Crippen LogP contribution in [0.15, 0.2) is 0 Å². The summed E-state index contributed by atoms with van der Waals surface area (Å²) >= 11 is 0. The molecule has 102 valence electrons. The van der Waals surface area contributed by atoms with Crippen LogP contribution in [-0.4, -0.2) is 23.8 Å². The van der Waals surface area contributed by atoms with E-state index in [0.717, 1.165) is 25.7 Å². The van der Waals surface area contributed by atoms with Gasteiger partial charge in [0.25, 0.3) is 0 Å². The van der Waals surface area contributed by atoms with Gasteiger partial charge in [0.1, 0.15) is 0 Å². The Morgan fingerprint density at radius 3 is 2.67 bits per heavy atom. The molecule has 3 heteroatoms. The summed E-state index contributed by atoms with van der Waals surface area (Å²) in [6, 6.07) is 0. The lowest BCUT2D eigenvalue weighted by Crippen LogP contribution is -2.56. The van der Waals surface area contributed by atoms with Gasteiger partial charge in [-0.2, -0.15) is 0 Å². The van der Waals surface area contributed by atoms with Crippen LogP contribution in [0, 0.1) is 28.6 Å². The Labute approximate surface area is 109 Å². The zero-order valence-electron chi connectivity index (χ0n) is 11.6. The number of cyclic esters (lactones) is 1. The number of esters is 1. The summed E-state index contributed by atoms with van der Waals surface area (Å²) < 4.78 is 5.31. The summed E-state index contributed by atoms with van der Waals surface area (Å²) in [7, 11) is 0. The normalized spacial score (nSPS) is 50.3. The third-order valence-electron chi connectivity index (χ3n) is 6.32. The molecular weight excluding hydrogens is 228 g/mol. The van der Waals surface area contributed by atoms with Crippen LogP contribution in [0.2, 0.25) is 0 Å². The highest BCUT2D eigenvalue weighted by Crippen LogP contribution is 2.62. The number of carbonyl (C=O) groups is 1. The van der Waals surface area contributed by atoms with Gasteiger partial charge in [0, 0.05) is 5.92 Å². The zero-order chi connectivity index (χ0) is 13.1. The molecule has 0 aromatic heterocycles. The van der Waals surface area contributed by atoms with Crippen molar-refractivity contribution in [2.24, 2.45) is 28.6 Å². The first-order valence-electron chi connectivity index (χ1n) is 7.22. The van der Waals surface area contributed by atoms with E-state index in [9.17, 15) is 9.90 Å². The summed E-state index contributed by atoms with van der Waals surface area (Å²) in [5, 5.41) is 10.3. The molecule has 1 N–H and O–H groups in total. The molecule has 3 fully saturated rings. The van der Waals surface area contributed by atoms with Gasteiger partial charge >= 0.3 is 5.97 Å². The molecule has 1 aliphatic heterocycles. The molecule has 5 atom stereocenters. The highest BCUT2D eigenvalue weighted by molar-refractivity contribution is 5.75. The largest absolute Gasteiger partial charge is 0.465 e. The molecule has 0 radical (unpaired) electrons. The fraction of sp³-hybridized carbons (Fsp3) is 0.933. The smallest absolute Gasteiger partial charge is 0.309 e. The second-order valence-corrected chi connectivity index (χ2v) is 7.35. The van der Waals surface area contributed by atoms with Gasteiger partial charge in [0.2, 0.25) is 0 Å². The van der Waals surface area contributed by atoms with E-state index in [1.165, 1.54) is 0 Å². The Kier molecular flexibility index (Phi) is 2.58. The number of aliphatic hydroxyl groups excluding tert-OH is 1. The number of rotatable bonds is 0. The van der Waals surface area contributed by atoms with Gasteiger partial charge in [-0.25, -0.2) is 0 Å². The summed E-state index contributed by atoms with van der Waals surface area (Å²) in [6.45, 7) is 7.31. The van der Waals surface area contributed by atoms with Crippen molar-refractivity contribution in [2.75, 3.05) is 6.61 Å². The second kappa shape index (κ2) is 3.72. The van der Waals surface area contributed by atoms with Crippen molar-refractivity contribution >= 4 is 5.97 Å². The predicted molar refractivity (Wildman–Crippen MR) is 67.8 cm³/mol. The number of ether oxygens (including phenoxy) is 1. The maximum Gasteiger partial charge on any atom is 0.309 e. The summed E-state index contributed by atoms with van der Waals surface area (Å²) in [5.74, 6) is 1.01. The number of carbonyl (C=O) groups excluding carboxylic acids is 1. The fourth-order valence-corrected chi connectivity index (χ4v) is 5.10. The average molecular weight is 252 g/mol. The van der Waals surface area contributed by atoms with Crippen LogP contribution in [0.4, 0.5) is 0 Å². The molecule has 3 aliphatic rings.